The maximum Gasteiger partial charge on any atom is 0.246 e. The zero-order chi connectivity index (χ0) is 20.0. The van der Waals surface area contributed by atoms with Crippen molar-refractivity contribution in [2.24, 2.45) is 0 Å². The van der Waals surface area contributed by atoms with Gasteiger partial charge in [0.05, 0.1) is 5.39 Å². The van der Waals surface area contributed by atoms with Gasteiger partial charge in [0.15, 0.2) is 11.5 Å². The van der Waals surface area contributed by atoms with Gasteiger partial charge in [0.25, 0.3) is 0 Å². The minimum Gasteiger partial charge on any atom is -0.454 e. The third-order valence-corrected chi connectivity index (χ3v) is 5.61. The molecule has 1 atom stereocenters. The van der Waals surface area contributed by atoms with E-state index in [1.165, 1.54) is 12.4 Å². The molecule has 2 N–H and O–H groups in total. The van der Waals surface area contributed by atoms with Crippen LogP contribution < -0.4 is 15.2 Å². The Kier molecular flexibility index (Phi) is 4.12. The van der Waals surface area contributed by atoms with E-state index in [4.69, 9.17) is 15.2 Å². The van der Waals surface area contributed by atoms with Gasteiger partial charge in [-0.05, 0) is 36.6 Å². The van der Waals surface area contributed by atoms with Crippen molar-refractivity contribution in [1.29, 1.82) is 0 Å². The molecule has 8 heteroatoms. The molecule has 2 aliphatic rings. The summed E-state index contributed by atoms with van der Waals surface area (Å²) < 4.78 is 13.0. The van der Waals surface area contributed by atoms with Crippen molar-refractivity contribution in [2.45, 2.75) is 25.4 Å². The largest absolute Gasteiger partial charge is 0.454 e. The van der Waals surface area contributed by atoms with Crippen LogP contribution in [0.1, 0.15) is 12.8 Å². The number of anilines is 1. The van der Waals surface area contributed by atoms with Crippen LogP contribution in [0.15, 0.2) is 43.4 Å². The van der Waals surface area contributed by atoms with Crippen LogP contribution in [-0.2, 0) is 11.3 Å². The van der Waals surface area contributed by atoms with Gasteiger partial charge < -0.3 is 24.7 Å². The Morgan fingerprint density at radius 1 is 1.31 bits per heavy atom. The van der Waals surface area contributed by atoms with Crippen molar-refractivity contribution >= 4 is 22.8 Å². The minimum atomic E-state index is -0.0332. The summed E-state index contributed by atoms with van der Waals surface area (Å²) in [5.41, 5.74) is 8.86. The molecule has 29 heavy (non-hydrogen) atoms. The SMILES string of the molecule is C=CC(=O)N1CCC[C@@H]1Cn1cc(-c2ccc3c(c2)OCO3)c2c(N)ncnc21. The number of nitrogens with two attached hydrogens (primary N) is 1. The molecule has 2 aromatic heterocycles. The number of likely N-dealkylation sites (tertiary alicyclic amines) is 1. The zero-order valence-electron chi connectivity index (χ0n) is 15.9. The zero-order valence-corrected chi connectivity index (χ0v) is 15.9. The first-order valence-electron chi connectivity index (χ1n) is 9.58. The molecule has 3 aromatic rings. The summed E-state index contributed by atoms with van der Waals surface area (Å²) in [6, 6.07) is 5.90. The number of ether oxygens (including phenoxy) is 2. The highest BCUT2D eigenvalue weighted by atomic mass is 16.7. The molecule has 2 aliphatic heterocycles. The van der Waals surface area contributed by atoms with Gasteiger partial charge in [0.1, 0.15) is 17.8 Å². The molecular weight excluding hydrogens is 370 g/mol. The fraction of sp³-hybridized carbons (Fsp3) is 0.286. The Morgan fingerprint density at radius 2 is 2.17 bits per heavy atom. The van der Waals surface area contributed by atoms with Crippen molar-refractivity contribution in [3.8, 4) is 22.6 Å². The molecule has 0 aliphatic carbocycles. The summed E-state index contributed by atoms with van der Waals surface area (Å²) in [7, 11) is 0. The van der Waals surface area contributed by atoms with Gasteiger partial charge in [-0.25, -0.2) is 9.97 Å². The van der Waals surface area contributed by atoms with Gasteiger partial charge in [0.2, 0.25) is 12.7 Å². The van der Waals surface area contributed by atoms with Crippen LogP contribution >= 0.6 is 0 Å². The fourth-order valence-corrected chi connectivity index (χ4v) is 4.23. The summed E-state index contributed by atoms with van der Waals surface area (Å²) in [5, 5.41) is 0.797. The Bertz CT molecular complexity index is 1120. The Labute approximate surface area is 167 Å². The molecule has 5 rings (SSSR count). The molecule has 0 bridgehead atoms. The number of fused-ring (bicyclic) bond motifs is 2. The number of amides is 1. The van der Waals surface area contributed by atoms with Crippen molar-refractivity contribution in [2.75, 3.05) is 19.1 Å². The molecular formula is C21H21N5O3. The fourth-order valence-electron chi connectivity index (χ4n) is 4.23. The second-order valence-corrected chi connectivity index (χ2v) is 7.25. The number of nitrogen functional groups attached to an aromatic ring is 1. The molecule has 1 fully saturated rings. The third kappa shape index (κ3) is 2.88. The van der Waals surface area contributed by atoms with Crippen LogP contribution in [0.25, 0.3) is 22.2 Å². The molecule has 0 saturated carbocycles. The number of hydrogen-bond acceptors (Lipinski definition) is 6. The molecule has 1 amide bonds. The summed E-state index contributed by atoms with van der Waals surface area (Å²) >= 11 is 0. The number of hydrogen-bond donors (Lipinski definition) is 1. The summed E-state index contributed by atoms with van der Waals surface area (Å²) in [6.07, 6.45) is 6.81. The lowest BCUT2D eigenvalue weighted by Crippen LogP contribution is -2.36. The predicted molar refractivity (Wildman–Crippen MR) is 108 cm³/mol. The highest BCUT2D eigenvalue weighted by molar-refractivity contribution is 6.01. The number of benzene rings is 1. The van der Waals surface area contributed by atoms with Crippen LogP contribution in [-0.4, -0.2) is 44.7 Å². The van der Waals surface area contributed by atoms with E-state index < -0.39 is 0 Å². The van der Waals surface area contributed by atoms with E-state index in [0.29, 0.717) is 18.1 Å². The van der Waals surface area contributed by atoms with Crippen molar-refractivity contribution < 1.29 is 14.3 Å². The molecule has 0 spiro atoms. The Morgan fingerprint density at radius 3 is 3.03 bits per heavy atom. The predicted octanol–water partition coefficient (Wildman–Crippen LogP) is 2.59. The lowest BCUT2D eigenvalue weighted by atomic mass is 10.1. The molecule has 8 nitrogen and oxygen atoms in total. The van der Waals surface area contributed by atoms with Gasteiger partial charge >= 0.3 is 0 Å². The molecule has 1 saturated heterocycles. The molecule has 0 radical (unpaired) electrons. The number of rotatable bonds is 4. The number of carbonyl (C=O) groups is 1. The standard InChI is InChI=1S/C21H21N5O3/c1-2-18(27)26-7-3-4-14(26)9-25-10-15(19-20(22)23-11-24-21(19)25)13-5-6-16-17(8-13)29-12-28-16/h2,5-6,8,10-11,14H,1,3-4,7,9,12H2,(H2,22,23,24)/t14-/m1/s1. The minimum absolute atomic E-state index is 0.0332. The van der Waals surface area contributed by atoms with Crippen molar-refractivity contribution in [3.63, 3.8) is 0 Å². The summed E-state index contributed by atoms with van der Waals surface area (Å²) in [5.74, 6) is 1.82. The molecule has 4 heterocycles. The van der Waals surface area contributed by atoms with E-state index in [2.05, 4.69) is 21.1 Å². The first kappa shape index (κ1) is 17.5. The highest BCUT2D eigenvalue weighted by Gasteiger charge is 2.29. The lowest BCUT2D eigenvalue weighted by molar-refractivity contribution is -0.126. The Balaban J connectivity index is 1.58. The topological polar surface area (TPSA) is 95.5 Å². The summed E-state index contributed by atoms with van der Waals surface area (Å²) in [4.78, 5) is 22.7. The van der Waals surface area contributed by atoms with Crippen LogP contribution in [0.2, 0.25) is 0 Å². The number of nitrogens with zero attached hydrogens (tertiary/aromatic N) is 4. The second kappa shape index (κ2) is 6.80. The number of carbonyl (C=O) groups excluding carboxylic acids is 1. The molecule has 148 valence electrons. The second-order valence-electron chi connectivity index (χ2n) is 7.25. The quantitative estimate of drug-likeness (QED) is 0.687. The van der Waals surface area contributed by atoms with E-state index in [9.17, 15) is 4.79 Å². The van der Waals surface area contributed by atoms with Crippen LogP contribution in [0.5, 0.6) is 11.5 Å². The van der Waals surface area contributed by atoms with E-state index in [0.717, 1.165) is 47.3 Å². The average Bonchev–Trinajstić information content (AvgIpc) is 3.46. The van der Waals surface area contributed by atoms with Gasteiger partial charge in [-0.15, -0.1) is 0 Å². The van der Waals surface area contributed by atoms with E-state index in [1.54, 1.807) is 0 Å². The number of aromatic nitrogens is 3. The first-order valence-corrected chi connectivity index (χ1v) is 9.58. The normalized spacial score (nSPS) is 17.8. The van der Waals surface area contributed by atoms with Gasteiger partial charge in [-0.1, -0.05) is 12.6 Å². The van der Waals surface area contributed by atoms with E-state index >= 15 is 0 Å². The highest BCUT2D eigenvalue weighted by Crippen LogP contribution is 2.39. The smallest absolute Gasteiger partial charge is 0.246 e. The van der Waals surface area contributed by atoms with E-state index in [-0.39, 0.29) is 18.7 Å². The molecule has 0 unspecified atom stereocenters. The first-order chi connectivity index (χ1) is 14.2. The average molecular weight is 391 g/mol. The molecule has 1 aromatic carbocycles. The summed E-state index contributed by atoms with van der Waals surface area (Å²) in [6.45, 7) is 5.23. The van der Waals surface area contributed by atoms with E-state index in [1.807, 2.05) is 29.3 Å². The van der Waals surface area contributed by atoms with Gasteiger partial charge in [0, 0.05) is 30.9 Å². The Hall–Kier alpha value is -3.55. The third-order valence-electron chi connectivity index (χ3n) is 5.61. The van der Waals surface area contributed by atoms with Crippen LogP contribution in [0.3, 0.4) is 0 Å². The van der Waals surface area contributed by atoms with Crippen molar-refractivity contribution in [1.82, 2.24) is 19.4 Å². The van der Waals surface area contributed by atoms with Crippen LogP contribution in [0.4, 0.5) is 5.82 Å². The maximum atomic E-state index is 12.2. The van der Waals surface area contributed by atoms with Gasteiger partial charge in [-0.2, -0.15) is 0 Å². The van der Waals surface area contributed by atoms with Gasteiger partial charge in [-0.3, -0.25) is 4.79 Å². The van der Waals surface area contributed by atoms with Crippen molar-refractivity contribution in [3.05, 3.63) is 43.4 Å². The monoisotopic (exact) mass is 391 g/mol. The van der Waals surface area contributed by atoms with Crippen LogP contribution in [0, 0.1) is 0 Å². The maximum absolute atomic E-state index is 12.2. The lowest BCUT2D eigenvalue weighted by Gasteiger charge is -2.24.